The van der Waals surface area contributed by atoms with Gasteiger partial charge in [-0.3, -0.25) is 0 Å². The highest BCUT2D eigenvalue weighted by atomic mass is 32.2. The highest BCUT2D eigenvalue weighted by Gasteiger charge is 2.13. The number of anilines is 2. The van der Waals surface area contributed by atoms with Crippen LogP contribution in [0, 0.1) is 27.7 Å². The van der Waals surface area contributed by atoms with E-state index >= 15 is 0 Å². The number of nitrogens with one attached hydrogen (secondary N) is 2. The van der Waals surface area contributed by atoms with E-state index in [9.17, 15) is 25.9 Å². The summed E-state index contributed by atoms with van der Waals surface area (Å²) in [6.45, 7) is 8.95. The number of azo groups is 2. The average Bonchev–Trinajstić information content (AvgIpc) is 3.67. The normalized spacial score (nSPS) is 11.6. The van der Waals surface area contributed by atoms with Crippen molar-refractivity contribution in [2.45, 2.75) is 43.9 Å². The Balaban J connectivity index is 0.000000282. The monoisotopic (exact) mass is 844 g/mol. The third-order valence-electron chi connectivity index (χ3n) is 8.63. The van der Waals surface area contributed by atoms with Crippen molar-refractivity contribution < 1.29 is 35.1 Å². The van der Waals surface area contributed by atoms with Gasteiger partial charge in [0.05, 0.1) is 38.0 Å². The Kier molecular flexibility index (Phi) is 15.8. The maximum absolute atomic E-state index is 10.5. The minimum Gasteiger partial charge on any atom is -0.744 e. The number of hydrogen-bond donors (Lipinski definition) is 2. The van der Waals surface area contributed by atoms with E-state index in [1.807, 2.05) is 75.4 Å². The van der Waals surface area contributed by atoms with Crippen LogP contribution < -0.4 is 19.8 Å². The smallest absolute Gasteiger partial charge is 0.403 e. The summed E-state index contributed by atoms with van der Waals surface area (Å²) in [5, 5.41) is 32.7. The van der Waals surface area contributed by atoms with E-state index < -0.39 is 20.2 Å². The predicted molar refractivity (Wildman–Crippen MR) is 219 cm³/mol. The van der Waals surface area contributed by atoms with Gasteiger partial charge in [-0.1, -0.05) is 46.6 Å². The SMILES string of the molecule is Cc1cc(NCCCNc2ccc(N=Nc3n(C)nc[n+]3C)c(C)c2)ccc1N=Nc1n(C)nc[n+]1C.Cc1ccccc1S(=O)(=O)[O-].Cc1ccccc1S(=O)(=O)[O-]. The zero-order valence-corrected chi connectivity index (χ0v) is 35.7. The molecule has 18 nitrogen and oxygen atoms in total. The molecule has 6 rings (SSSR count). The van der Waals surface area contributed by atoms with Gasteiger partial charge in [-0.25, -0.2) is 26.0 Å². The van der Waals surface area contributed by atoms with Crippen LogP contribution in [0.5, 0.6) is 0 Å². The molecule has 0 aliphatic carbocycles. The van der Waals surface area contributed by atoms with E-state index in [0.717, 1.165) is 53.4 Å². The molecule has 0 saturated heterocycles. The second-order valence-electron chi connectivity index (χ2n) is 13.4. The number of hydrogen-bond acceptors (Lipinski definition) is 14. The zero-order chi connectivity index (χ0) is 43.3. The first kappa shape index (κ1) is 45.5. The number of benzene rings is 4. The van der Waals surface area contributed by atoms with E-state index in [0.29, 0.717) is 23.0 Å². The number of aromatic nitrogens is 6. The van der Waals surface area contributed by atoms with Gasteiger partial charge in [-0.15, -0.1) is 9.36 Å². The largest absolute Gasteiger partial charge is 0.744 e. The number of rotatable bonds is 12. The Morgan fingerprint density at radius 1 is 0.576 bits per heavy atom. The van der Waals surface area contributed by atoms with Crippen LogP contribution in [0.3, 0.4) is 0 Å². The summed E-state index contributed by atoms with van der Waals surface area (Å²) in [5.74, 6) is 1.37. The Morgan fingerprint density at radius 2 is 0.949 bits per heavy atom. The first-order valence-electron chi connectivity index (χ1n) is 18.2. The molecule has 0 aliphatic rings. The maximum Gasteiger partial charge on any atom is 0.403 e. The summed E-state index contributed by atoms with van der Waals surface area (Å²) in [6, 6.07) is 24.4. The van der Waals surface area contributed by atoms with E-state index in [4.69, 9.17) is 0 Å². The molecule has 0 fully saturated rings. The molecular formula is C39H48N12O6S2. The van der Waals surface area contributed by atoms with E-state index in [-0.39, 0.29) is 9.79 Å². The van der Waals surface area contributed by atoms with Crippen molar-refractivity contribution in [3.8, 4) is 0 Å². The molecule has 0 bridgehead atoms. The molecule has 0 aliphatic heterocycles. The second-order valence-corrected chi connectivity index (χ2v) is 16.1. The lowest BCUT2D eigenvalue weighted by Gasteiger charge is -2.10. The van der Waals surface area contributed by atoms with Crippen LogP contribution in [0.15, 0.2) is 128 Å². The summed E-state index contributed by atoms with van der Waals surface area (Å²) in [7, 11) is -1.09. The third kappa shape index (κ3) is 13.4. The fourth-order valence-corrected chi connectivity index (χ4v) is 6.84. The first-order valence-corrected chi connectivity index (χ1v) is 21.0. The van der Waals surface area contributed by atoms with Crippen LogP contribution in [-0.2, 0) is 48.4 Å². The molecule has 0 saturated carbocycles. The minimum absolute atomic E-state index is 0.139. The van der Waals surface area contributed by atoms with Crippen molar-refractivity contribution in [3.05, 3.63) is 120 Å². The van der Waals surface area contributed by atoms with Crippen molar-refractivity contribution in [2.75, 3.05) is 23.7 Å². The van der Waals surface area contributed by atoms with Gasteiger partial charge >= 0.3 is 11.9 Å². The molecule has 0 amide bonds. The summed E-state index contributed by atoms with van der Waals surface area (Å²) in [5.41, 5.74) is 6.89. The minimum atomic E-state index is -4.28. The summed E-state index contributed by atoms with van der Waals surface area (Å²) in [6.07, 6.45) is 4.38. The number of aryl methyl sites for hydroxylation is 8. The molecule has 2 heterocycles. The molecule has 312 valence electrons. The Labute approximate surface area is 344 Å². The van der Waals surface area contributed by atoms with Crippen LogP contribution in [0.25, 0.3) is 0 Å². The van der Waals surface area contributed by atoms with E-state index in [1.165, 1.54) is 24.3 Å². The lowest BCUT2D eigenvalue weighted by molar-refractivity contribution is -0.659. The van der Waals surface area contributed by atoms with Crippen LogP contribution in [-0.4, -0.2) is 58.6 Å². The molecule has 0 radical (unpaired) electrons. The first-order chi connectivity index (χ1) is 27.8. The predicted octanol–water partition coefficient (Wildman–Crippen LogP) is 5.96. The molecule has 0 atom stereocenters. The van der Waals surface area contributed by atoms with Gasteiger partial charge in [-0.05, 0) is 115 Å². The van der Waals surface area contributed by atoms with Crippen molar-refractivity contribution in [1.29, 1.82) is 0 Å². The van der Waals surface area contributed by atoms with Crippen molar-refractivity contribution in [2.24, 2.45) is 48.6 Å². The van der Waals surface area contributed by atoms with Crippen molar-refractivity contribution in [1.82, 2.24) is 19.6 Å². The van der Waals surface area contributed by atoms with E-state index in [1.54, 1.807) is 60.1 Å². The lowest BCUT2D eigenvalue weighted by atomic mass is 10.2. The molecule has 6 aromatic rings. The quantitative estimate of drug-likeness (QED) is 0.0635. The molecule has 2 aromatic heterocycles. The zero-order valence-electron chi connectivity index (χ0n) is 34.1. The Bertz CT molecular complexity index is 2440. The number of nitrogens with zero attached hydrogens (tertiary/aromatic N) is 10. The standard InChI is InChI=1S/C25H32N12.2C7H8O3S/c1-18-14-20(8-10-22(18)30-32-24-34(3)16-28-36(24)5)26-12-7-13-27-21-9-11-23(19(2)15-21)31-33-25-35(4)17-29-37(25)6;2*1-6-4-2-3-5-7(6)11(8,9)10/h8-11,14-17H,7,12-13H2,1-6H3;2*2-5H,1H3,(H,8,9,10). The molecule has 59 heavy (non-hydrogen) atoms. The average molecular weight is 845 g/mol. The van der Waals surface area contributed by atoms with Crippen LogP contribution in [0.2, 0.25) is 0 Å². The van der Waals surface area contributed by atoms with Gasteiger partial charge in [-0.2, -0.15) is 0 Å². The fraction of sp³-hybridized carbons (Fsp3) is 0.282. The van der Waals surface area contributed by atoms with Crippen molar-refractivity contribution >= 4 is 54.9 Å². The van der Waals surface area contributed by atoms with Crippen LogP contribution >= 0.6 is 0 Å². The highest BCUT2D eigenvalue weighted by molar-refractivity contribution is 7.86. The molecule has 20 heteroatoms. The van der Waals surface area contributed by atoms with E-state index in [2.05, 4.69) is 53.4 Å². The molecule has 4 aromatic carbocycles. The van der Waals surface area contributed by atoms with Gasteiger partial charge in [0.1, 0.15) is 31.6 Å². The lowest BCUT2D eigenvalue weighted by Crippen LogP contribution is -2.25. The third-order valence-corrected chi connectivity index (χ3v) is 10.6. The molecule has 2 N–H and O–H groups in total. The molecular weight excluding hydrogens is 797 g/mol. The fourth-order valence-electron chi connectivity index (χ4n) is 5.42. The Hall–Kier alpha value is -6.22. The van der Waals surface area contributed by atoms with Crippen LogP contribution in [0.1, 0.15) is 28.7 Å². The van der Waals surface area contributed by atoms with Gasteiger partial charge < -0.3 is 19.7 Å². The molecule has 0 spiro atoms. The van der Waals surface area contributed by atoms with Gasteiger partial charge in [0, 0.05) is 34.7 Å². The summed E-state index contributed by atoms with van der Waals surface area (Å²) in [4.78, 5) is -0.278. The molecule has 0 unspecified atom stereocenters. The van der Waals surface area contributed by atoms with Gasteiger partial charge in [0.2, 0.25) is 12.7 Å². The topological polar surface area (TPSA) is 231 Å². The van der Waals surface area contributed by atoms with Gasteiger partial charge in [0.25, 0.3) is 0 Å². The van der Waals surface area contributed by atoms with Gasteiger partial charge in [0.15, 0.2) is 0 Å². The van der Waals surface area contributed by atoms with Crippen LogP contribution in [0.4, 0.5) is 34.6 Å². The second kappa shape index (κ2) is 20.5. The highest BCUT2D eigenvalue weighted by Crippen LogP contribution is 2.25. The van der Waals surface area contributed by atoms with Crippen molar-refractivity contribution in [3.63, 3.8) is 0 Å². The summed E-state index contributed by atoms with van der Waals surface area (Å²) < 4.78 is 70.0. The Morgan fingerprint density at radius 3 is 1.24 bits per heavy atom. The maximum atomic E-state index is 10.5. The summed E-state index contributed by atoms with van der Waals surface area (Å²) >= 11 is 0.